The fourth-order valence-corrected chi connectivity index (χ4v) is 2.71. The molecule has 0 aliphatic carbocycles. The highest BCUT2D eigenvalue weighted by molar-refractivity contribution is 5.76. The maximum atomic E-state index is 12.0. The second-order valence-electron chi connectivity index (χ2n) is 6.72. The molecule has 0 saturated heterocycles. The SMILES string of the molecule is CCCCCCCCC(=O)Oc1ccccc1OC(=O)CCCCCC. The summed E-state index contributed by atoms with van der Waals surface area (Å²) >= 11 is 0. The van der Waals surface area contributed by atoms with Crippen LogP contribution in [0.3, 0.4) is 0 Å². The van der Waals surface area contributed by atoms with Gasteiger partial charge in [-0.3, -0.25) is 9.59 Å². The Hall–Kier alpha value is -1.84. The summed E-state index contributed by atoms with van der Waals surface area (Å²) < 4.78 is 10.8. The van der Waals surface area contributed by atoms with Gasteiger partial charge in [-0.2, -0.15) is 0 Å². The Morgan fingerprint density at radius 3 is 1.50 bits per heavy atom. The molecule has 0 aromatic heterocycles. The van der Waals surface area contributed by atoms with Crippen molar-refractivity contribution in [3.05, 3.63) is 24.3 Å². The normalized spacial score (nSPS) is 10.5. The van der Waals surface area contributed by atoms with Crippen LogP contribution in [0.2, 0.25) is 0 Å². The summed E-state index contributed by atoms with van der Waals surface area (Å²) in [6.07, 6.45) is 11.6. The van der Waals surface area contributed by atoms with E-state index in [2.05, 4.69) is 13.8 Å². The average molecular weight is 363 g/mol. The van der Waals surface area contributed by atoms with Gasteiger partial charge < -0.3 is 9.47 Å². The largest absolute Gasteiger partial charge is 0.423 e. The van der Waals surface area contributed by atoms with Gasteiger partial charge in [0.05, 0.1) is 0 Å². The van der Waals surface area contributed by atoms with Crippen molar-refractivity contribution in [2.75, 3.05) is 0 Å². The molecule has 146 valence electrons. The van der Waals surface area contributed by atoms with Gasteiger partial charge >= 0.3 is 11.9 Å². The van der Waals surface area contributed by atoms with E-state index in [4.69, 9.17) is 9.47 Å². The van der Waals surface area contributed by atoms with E-state index in [1.165, 1.54) is 19.3 Å². The summed E-state index contributed by atoms with van der Waals surface area (Å²) in [5.41, 5.74) is 0. The summed E-state index contributed by atoms with van der Waals surface area (Å²) in [5, 5.41) is 0. The zero-order valence-electron chi connectivity index (χ0n) is 16.4. The molecule has 1 aromatic carbocycles. The molecule has 0 amide bonds. The van der Waals surface area contributed by atoms with Crippen LogP contribution >= 0.6 is 0 Å². The number of para-hydroxylation sites is 2. The third-order valence-corrected chi connectivity index (χ3v) is 4.27. The van der Waals surface area contributed by atoms with Gasteiger partial charge in [0, 0.05) is 12.8 Å². The number of benzene rings is 1. The second-order valence-corrected chi connectivity index (χ2v) is 6.72. The van der Waals surface area contributed by atoms with Crippen molar-refractivity contribution in [3.8, 4) is 11.5 Å². The molecule has 4 nitrogen and oxygen atoms in total. The summed E-state index contributed by atoms with van der Waals surface area (Å²) in [7, 11) is 0. The molecule has 1 rings (SSSR count). The molecule has 0 aliphatic rings. The first-order valence-corrected chi connectivity index (χ1v) is 10.2. The Kier molecular flexibility index (Phi) is 12.2. The molecule has 0 radical (unpaired) electrons. The van der Waals surface area contributed by atoms with Gasteiger partial charge in [-0.25, -0.2) is 0 Å². The monoisotopic (exact) mass is 362 g/mol. The van der Waals surface area contributed by atoms with E-state index < -0.39 is 0 Å². The van der Waals surface area contributed by atoms with Crippen LogP contribution in [-0.4, -0.2) is 11.9 Å². The first-order valence-electron chi connectivity index (χ1n) is 10.2. The lowest BCUT2D eigenvalue weighted by molar-refractivity contribution is -0.137. The van der Waals surface area contributed by atoms with Crippen LogP contribution in [0.5, 0.6) is 11.5 Å². The highest BCUT2D eigenvalue weighted by Crippen LogP contribution is 2.27. The van der Waals surface area contributed by atoms with Gasteiger partial charge in [0.2, 0.25) is 0 Å². The Bertz CT molecular complexity index is 525. The molecule has 0 bridgehead atoms. The van der Waals surface area contributed by atoms with E-state index in [0.29, 0.717) is 24.3 Å². The predicted octanol–water partition coefficient (Wildman–Crippen LogP) is 6.22. The summed E-state index contributed by atoms with van der Waals surface area (Å²) in [5.74, 6) is 0.0992. The van der Waals surface area contributed by atoms with Crippen LogP contribution in [0.1, 0.15) is 90.9 Å². The van der Waals surface area contributed by atoms with Gasteiger partial charge in [0.15, 0.2) is 11.5 Å². The molecular weight excluding hydrogens is 328 g/mol. The molecule has 1 aromatic rings. The molecule has 0 aliphatic heterocycles. The van der Waals surface area contributed by atoms with Crippen molar-refractivity contribution >= 4 is 11.9 Å². The van der Waals surface area contributed by atoms with Gasteiger partial charge in [0.25, 0.3) is 0 Å². The smallest absolute Gasteiger partial charge is 0.311 e. The van der Waals surface area contributed by atoms with E-state index in [1.54, 1.807) is 24.3 Å². The lowest BCUT2D eigenvalue weighted by atomic mass is 10.1. The van der Waals surface area contributed by atoms with Gasteiger partial charge in [-0.1, -0.05) is 77.3 Å². The zero-order valence-corrected chi connectivity index (χ0v) is 16.4. The van der Waals surface area contributed by atoms with E-state index in [0.717, 1.165) is 44.9 Å². The molecule has 0 heterocycles. The number of carbonyl (C=O) groups excluding carboxylic acids is 2. The second kappa shape index (κ2) is 14.3. The fraction of sp³-hybridized carbons (Fsp3) is 0.636. The maximum absolute atomic E-state index is 12.0. The minimum atomic E-state index is -0.277. The third kappa shape index (κ3) is 10.2. The van der Waals surface area contributed by atoms with Crippen LogP contribution in [0.25, 0.3) is 0 Å². The van der Waals surface area contributed by atoms with Crippen molar-refractivity contribution in [2.45, 2.75) is 90.9 Å². The number of unbranched alkanes of at least 4 members (excludes halogenated alkanes) is 8. The Morgan fingerprint density at radius 1 is 0.654 bits per heavy atom. The molecule has 0 saturated carbocycles. The van der Waals surface area contributed by atoms with Crippen LogP contribution < -0.4 is 9.47 Å². The number of rotatable bonds is 14. The van der Waals surface area contributed by atoms with Crippen LogP contribution in [0.15, 0.2) is 24.3 Å². The lowest BCUT2D eigenvalue weighted by Crippen LogP contribution is -2.12. The van der Waals surface area contributed by atoms with Crippen molar-refractivity contribution in [1.82, 2.24) is 0 Å². The first kappa shape index (κ1) is 22.2. The summed E-state index contributed by atoms with van der Waals surface area (Å²) in [6.45, 7) is 4.32. The summed E-state index contributed by atoms with van der Waals surface area (Å²) in [6, 6.07) is 6.87. The minimum absolute atomic E-state index is 0.271. The maximum Gasteiger partial charge on any atom is 0.311 e. The molecule has 0 atom stereocenters. The van der Waals surface area contributed by atoms with Crippen molar-refractivity contribution in [3.63, 3.8) is 0 Å². The Labute approximate surface area is 158 Å². The van der Waals surface area contributed by atoms with Gasteiger partial charge in [0.1, 0.15) is 0 Å². The summed E-state index contributed by atoms with van der Waals surface area (Å²) in [4.78, 5) is 24.0. The molecular formula is C22H34O4. The molecule has 0 N–H and O–H groups in total. The Balaban J connectivity index is 2.37. The van der Waals surface area contributed by atoms with Gasteiger partial charge in [-0.05, 0) is 25.0 Å². The lowest BCUT2D eigenvalue weighted by Gasteiger charge is -2.10. The van der Waals surface area contributed by atoms with E-state index in [-0.39, 0.29) is 11.9 Å². The first-order chi connectivity index (χ1) is 12.7. The van der Waals surface area contributed by atoms with E-state index in [9.17, 15) is 9.59 Å². The molecule has 26 heavy (non-hydrogen) atoms. The van der Waals surface area contributed by atoms with Gasteiger partial charge in [-0.15, -0.1) is 0 Å². The van der Waals surface area contributed by atoms with Crippen molar-refractivity contribution in [1.29, 1.82) is 0 Å². The quantitative estimate of drug-likeness (QED) is 0.224. The molecule has 0 unspecified atom stereocenters. The topological polar surface area (TPSA) is 52.6 Å². The number of carbonyl (C=O) groups is 2. The zero-order chi connectivity index (χ0) is 19.0. The minimum Gasteiger partial charge on any atom is -0.423 e. The van der Waals surface area contributed by atoms with E-state index >= 15 is 0 Å². The number of hydrogen-bond acceptors (Lipinski definition) is 4. The van der Waals surface area contributed by atoms with Crippen LogP contribution in [0.4, 0.5) is 0 Å². The highest BCUT2D eigenvalue weighted by atomic mass is 16.6. The average Bonchev–Trinajstić information content (AvgIpc) is 2.63. The molecule has 4 heteroatoms. The third-order valence-electron chi connectivity index (χ3n) is 4.27. The molecule has 0 spiro atoms. The van der Waals surface area contributed by atoms with E-state index in [1.807, 2.05) is 0 Å². The Morgan fingerprint density at radius 2 is 1.04 bits per heavy atom. The van der Waals surface area contributed by atoms with Crippen molar-refractivity contribution in [2.24, 2.45) is 0 Å². The standard InChI is InChI=1S/C22H34O4/c1-3-5-7-9-10-12-18-22(24)26-20-16-14-13-15-19(20)25-21(23)17-11-8-6-4-2/h13-16H,3-12,17-18H2,1-2H3. The van der Waals surface area contributed by atoms with Crippen LogP contribution in [0, 0.1) is 0 Å². The fourth-order valence-electron chi connectivity index (χ4n) is 2.71. The predicted molar refractivity (Wildman–Crippen MR) is 104 cm³/mol. The number of hydrogen-bond donors (Lipinski definition) is 0. The van der Waals surface area contributed by atoms with Crippen LogP contribution in [-0.2, 0) is 9.59 Å². The molecule has 0 fully saturated rings. The van der Waals surface area contributed by atoms with Crippen molar-refractivity contribution < 1.29 is 19.1 Å². The highest BCUT2D eigenvalue weighted by Gasteiger charge is 2.13. The number of ether oxygens (including phenoxy) is 2. The number of esters is 2.